The van der Waals surface area contributed by atoms with E-state index in [1.807, 2.05) is 6.07 Å². The van der Waals surface area contributed by atoms with E-state index in [1.54, 1.807) is 0 Å². The fraction of sp³-hybridized carbons (Fsp3) is 0.533. The molecule has 3 heteroatoms. The van der Waals surface area contributed by atoms with Gasteiger partial charge in [-0.05, 0) is 43.7 Å². The van der Waals surface area contributed by atoms with Crippen molar-refractivity contribution in [3.05, 3.63) is 35.9 Å². The first-order chi connectivity index (χ1) is 8.74. The molecule has 2 atom stereocenters. The Morgan fingerprint density at radius 1 is 1.33 bits per heavy atom. The quantitative estimate of drug-likeness (QED) is 0.840. The third-order valence-corrected chi connectivity index (χ3v) is 3.69. The van der Waals surface area contributed by atoms with Crippen LogP contribution in [-0.4, -0.2) is 23.7 Å². The Labute approximate surface area is 108 Å². The zero-order valence-corrected chi connectivity index (χ0v) is 10.6. The molecule has 2 unspecified atom stereocenters. The third-order valence-electron chi connectivity index (χ3n) is 3.69. The summed E-state index contributed by atoms with van der Waals surface area (Å²) in [5, 5.41) is 12.3. The number of hydrogen-bond donors (Lipinski definition) is 2. The maximum Gasteiger partial charge on any atom is 0.303 e. The van der Waals surface area contributed by atoms with Gasteiger partial charge in [-0.25, -0.2) is 0 Å². The van der Waals surface area contributed by atoms with Gasteiger partial charge in [0.15, 0.2) is 0 Å². The molecule has 2 N–H and O–H groups in total. The van der Waals surface area contributed by atoms with Crippen molar-refractivity contribution >= 4 is 5.97 Å². The molecule has 98 valence electrons. The van der Waals surface area contributed by atoms with Crippen LogP contribution in [0.1, 0.15) is 31.2 Å². The molecule has 0 radical (unpaired) electrons. The van der Waals surface area contributed by atoms with Gasteiger partial charge in [0.25, 0.3) is 0 Å². The highest BCUT2D eigenvalue weighted by atomic mass is 16.4. The zero-order valence-electron chi connectivity index (χ0n) is 10.6. The molecule has 0 aliphatic carbocycles. The maximum atomic E-state index is 10.6. The number of carboxylic acids is 1. The first-order valence-electron chi connectivity index (χ1n) is 6.73. The van der Waals surface area contributed by atoms with Crippen LogP contribution in [0.25, 0.3) is 0 Å². The maximum absolute atomic E-state index is 10.6. The summed E-state index contributed by atoms with van der Waals surface area (Å²) < 4.78 is 0. The molecule has 1 aliphatic rings. The number of carboxylic acid groups (broad SMARTS) is 1. The summed E-state index contributed by atoms with van der Waals surface area (Å²) in [7, 11) is 0. The zero-order chi connectivity index (χ0) is 12.8. The standard InChI is InChI=1S/C15H21NO2/c17-15(18)7-6-13-8-9-16-14(11-13)10-12-4-2-1-3-5-12/h1-5,13-14,16H,6-11H2,(H,17,18). The molecule has 2 rings (SSSR count). The van der Waals surface area contributed by atoms with Crippen molar-refractivity contribution in [2.75, 3.05) is 6.54 Å². The van der Waals surface area contributed by atoms with Crippen molar-refractivity contribution < 1.29 is 9.90 Å². The number of benzene rings is 1. The number of rotatable bonds is 5. The van der Waals surface area contributed by atoms with Gasteiger partial charge in [0.1, 0.15) is 0 Å². The van der Waals surface area contributed by atoms with Gasteiger partial charge >= 0.3 is 5.97 Å². The van der Waals surface area contributed by atoms with E-state index in [4.69, 9.17) is 5.11 Å². The molecule has 0 aromatic heterocycles. The minimum Gasteiger partial charge on any atom is -0.481 e. The van der Waals surface area contributed by atoms with E-state index in [1.165, 1.54) is 5.56 Å². The lowest BCUT2D eigenvalue weighted by Gasteiger charge is -2.30. The Hall–Kier alpha value is -1.35. The van der Waals surface area contributed by atoms with E-state index >= 15 is 0 Å². The molecular weight excluding hydrogens is 226 g/mol. The smallest absolute Gasteiger partial charge is 0.303 e. The van der Waals surface area contributed by atoms with Crippen LogP contribution in [0.2, 0.25) is 0 Å². The van der Waals surface area contributed by atoms with E-state index in [-0.39, 0.29) is 0 Å². The number of aliphatic carboxylic acids is 1. The molecule has 0 spiro atoms. The van der Waals surface area contributed by atoms with Crippen molar-refractivity contribution in [1.29, 1.82) is 0 Å². The van der Waals surface area contributed by atoms with E-state index in [2.05, 4.69) is 29.6 Å². The van der Waals surface area contributed by atoms with Gasteiger partial charge in [0.2, 0.25) is 0 Å². The second-order valence-corrected chi connectivity index (χ2v) is 5.16. The lowest BCUT2D eigenvalue weighted by Crippen LogP contribution is -2.39. The van der Waals surface area contributed by atoms with Crippen LogP contribution in [0.4, 0.5) is 0 Å². The average molecular weight is 247 g/mol. The second-order valence-electron chi connectivity index (χ2n) is 5.16. The van der Waals surface area contributed by atoms with Gasteiger partial charge in [-0.1, -0.05) is 30.3 Å². The van der Waals surface area contributed by atoms with Gasteiger partial charge < -0.3 is 10.4 Å². The van der Waals surface area contributed by atoms with Gasteiger partial charge in [0, 0.05) is 12.5 Å². The lowest BCUT2D eigenvalue weighted by molar-refractivity contribution is -0.137. The summed E-state index contributed by atoms with van der Waals surface area (Å²) in [4.78, 5) is 10.6. The van der Waals surface area contributed by atoms with Crippen molar-refractivity contribution in [2.24, 2.45) is 5.92 Å². The molecule has 1 saturated heterocycles. The van der Waals surface area contributed by atoms with Gasteiger partial charge in [0.05, 0.1) is 0 Å². The topological polar surface area (TPSA) is 49.3 Å². The van der Waals surface area contributed by atoms with Crippen LogP contribution < -0.4 is 5.32 Å². The Kier molecular flexibility index (Phi) is 4.76. The lowest BCUT2D eigenvalue weighted by atomic mass is 9.86. The van der Waals surface area contributed by atoms with Crippen LogP contribution in [0, 0.1) is 5.92 Å². The molecule has 0 amide bonds. The molecule has 1 aromatic rings. The minimum absolute atomic E-state index is 0.308. The molecule has 0 bridgehead atoms. The Morgan fingerprint density at radius 2 is 2.11 bits per heavy atom. The SMILES string of the molecule is O=C(O)CCC1CCNC(Cc2ccccc2)C1. The van der Waals surface area contributed by atoms with Crippen LogP contribution in [-0.2, 0) is 11.2 Å². The van der Waals surface area contributed by atoms with Gasteiger partial charge in [-0.2, -0.15) is 0 Å². The van der Waals surface area contributed by atoms with Gasteiger partial charge in [-0.3, -0.25) is 4.79 Å². The van der Waals surface area contributed by atoms with Crippen molar-refractivity contribution in [1.82, 2.24) is 5.32 Å². The van der Waals surface area contributed by atoms with Crippen molar-refractivity contribution in [2.45, 2.75) is 38.1 Å². The van der Waals surface area contributed by atoms with E-state index in [0.717, 1.165) is 32.2 Å². The van der Waals surface area contributed by atoms with E-state index < -0.39 is 5.97 Å². The highest BCUT2D eigenvalue weighted by Gasteiger charge is 2.21. The summed E-state index contributed by atoms with van der Waals surface area (Å²) in [5.74, 6) is -0.107. The average Bonchev–Trinajstić information content (AvgIpc) is 2.38. The number of piperidine rings is 1. The predicted octanol–water partition coefficient (Wildman–Crippen LogP) is 2.46. The molecule has 1 aromatic carbocycles. The highest BCUT2D eigenvalue weighted by molar-refractivity contribution is 5.66. The summed E-state index contributed by atoms with van der Waals surface area (Å²) in [6, 6.07) is 11.0. The van der Waals surface area contributed by atoms with Crippen molar-refractivity contribution in [3.63, 3.8) is 0 Å². The molecule has 0 saturated carbocycles. The Balaban J connectivity index is 1.81. The Morgan fingerprint density at radius 3 is 2.83 bits per heavy atom. The molecular formula is C15H21NO2. The first-order valence-corrected chi connectivity index (χ1v) is 6.73. The molecule has 1 aliphatic heterocycles. The Bertz CT molecular complexity index is 377. The molecule has 18 heavy (non-hydrogen) atoms. The fourth-order valence-electron chi connectivity index (χ4n) is 2.74. The predicted molar refractivity (Wildman–Crippen MR) is 71.5 cm³/mol. The van der Waals surface area contributed by atoms with Crippen LogP contribution in [0.5, 0.6) is 0 Å². The monoisotopic (exact) mass is 247 g/mol. The third kappa shape index (κ3) is 4.15. The van der Waals surface area contributed by atoms with Gasteiger partial charge in [-0.15, -0.1) is 0 Å². The van der Waals surface area contributed by atoms with Crippen LogP contribution in [0.3, 0.4) is 0 Å². The van der Waals surface area contributed by atoms with Crippen LogP contribution >= 0.6 is 0 Å². The minimum atomic E-state index is -0.673. The summed E-state index contributed by atoms with van der Waals surface area (Å²) in [5.41, 5.74) is 1.36. The van der Waals surface area contributed by atoms with Crippen molar-refractivity contribution in [3.8, 4) is 0 Å². The number of hydrogen-bond acceptors (Lipinski definition) is 2. The van der Waals surface area contributed by atoms with Crippen LogP contribution in [0.15, 0.2) is 30.3 Å². The van der Waals surface area contributed by atoms with E-state index in [9.17, 15) is 4.79 Å². The fourth-order valence-corrected chi connectivity index (χ4v) is 2.74. The van der Waals surface area contributed by atoms with E-state index in [0.29, 0.717) is 18.4 Å². The molecule has 1 fully saturated rings. The second kappa shape index (κ2) is 6.55. The number of carbonyl (C=O) groups is 1. The molecule has 1 heterocycles. The molecule has 3 nitrogen and oxygen atoms in total. The first kappa shape index (κ1) is 13.1. The number of nitrogens with one attached hydrogen (secondary N) is 1. The summed E-state index contributed by atoms with van der Waals surface area (Å²) in [6.45, 7) is 1.02. The normalized spacial score (nSPS) is 23.8. The summed E-state index contributed by atoms with van der Waals surface area (Å²) in [6.07, 6.45) is 4.39. The summed E-state index contributed by atoms with van der Waals surface area (Å²) >= 11 is 0. The highest BCUT2D eigenvalue weighted by Crippen LogP contribution is 2.23. The largest absolute Gasteiger partial charge is 0.481 e.